The summed E-state index contributed by atoms with van der Waals surface area (Å²) in [5.41, 5.74) is 0. The van der Waals surface area contributed by atoms with E-state index in [1.165, 1.54) is 0 Å². The van der Waals surface area contributed by atoms with Gasteiger partial charge in [0.15, 0.2) is 0 Å². The Morgan fingerprint density at radius 3 is 2.44 bits per heavy atom. The molecule has 2 aliphatic heterocycles. The summed E-state index contributed by atoms with van der Waals surface area (Å²) in [6.45, 7) is 6.33. The first-order valence-electron chi connectivity index (χ1n) is 9.35. The average molecular weight is 353 g/mol. The van der Waals surface area contributed by atoms with Crippen molar-refractivity contribution in [1.82, 2.24) is 15.1 Å². The van der Waals surface area contributed by atoms with E-state index in [4.69, 9.17) is 4.74 Å². The van der Waals surface area contributed by atoms with Crippen LogP contribution >= 0.6 is 0 Å². The molecule has 0 aliphatic carbocycles. The summed E-state index contributed by atoms with van der Waals surface area (Å²) < 4.78 is 5.05. The number of hydrogen-bond donors (Lipinski definition) is 1. The molecule has 2 amide bonds. The van der Waals surface area contributed by atoms with Crippen LogP contribution in [0, 0.1) is 11.8 Å². The molecular weight excluding hydrogens is 322 g/mol. The zero-order valence-electron chi connectivity index (χ0n) is 15.6. The van der Waals surface area contributed by atoms with Crippen LogP contribution < -0.4 is 5.32 Å². The summed E-state index contributed by atoms with van der Waals surface area (Å²) in [7, 11) is 1.71. The third-order valence-corrected chi connectivity index (χ3v) is 5.19. The van der Waals surface area contributed by atoms with E-state index in [1.807, 2.05) is 0 Å². The van der Waals surface area contributed by atoms with E-state index in [9.17, 15) is 14.4 Å². The largest absolute Gasteiger partial charge is 0.466 e. The fourth-order valence-corrected chi connectivity index (χ4v) is 3.67. The summed E-state index contributed by atoms with van der Waals surface area (Å²) in [5.74, 6) is -0.256. The van der Waals surface area contributed by atoms with Crippen LogP contribution in [0.15, 0.2) is 0 Å². The van der Waals surface area contributed by atoms with Gasteiger partial charge in [-0.1, -0.05) is 0 Å². The number of nitrogens with zero attached hydrogens (tertiary/aromatic N) is 2. The lowest BCUT2D eigenvalue weighted by Crippen LogP contribution is -2.48. The molecule has 2 saturated heterocycles. The van der Waals surface area contributed by atoms with Crippen LogP contribution in [-0.4, -0.2) is 73.5 Å². The van der Waals surface area contributed by atoms with Crippen LogP contribution in [0.1, 0.15) is 39.5 Å². The van der Waals surface area contributed by atoms with Crippen molar-refractivity contribution in [3.63, 3.8) is 0 Å². The van der Waals surface area contributed by atoms with Crippen LogP contribution in [0.3, 0.4) is 0 Å². The van der Waals surface area contributed by atoms with E-state index in [2.05, 4.69) is 12.2 Å². The molecule has 2 heterocycles. The van der Waals surface area contributed by atoms with Gasteiger partial charge >= 0.3 is 5.97 Å². The van der Waals surface area contributed by atoms with E-state index in [0.29, 0.717) is 38.6 Å². The van der Waals surface area contributed by atoms with E-state index in [1.54, 1.807) is 23.8 Å². The van der Waals surface area contributed by atoms with Gasteiger partial charge in [0.1, 0.15) is 0 Å². The highest BCUT2D eigenvalue weighted by molar-refractivity contribution is 5.86. The number of amides is 2. The normalized spacial score (nSPS) is 24.7. The van der Waals surface area contributed by atoms with Crippen molar-refractivity contribution in [2.24, 2.45) is 11.8 Å². The Morgan fingerprint density at radius 1 is 1.16 bits per heavy atom. The maximum absolute atomic E-state index is 12.5. The number of ether oxygens (including phenoxy) is 1. The molecule has 0 saturated carbocycles. The maximum atomic E-state index is 12.5. The number of esters is 1. The molecule has 7 heteroatoms. The molecule has 25 heavy (non-hydrogen) atoms. The molecule has 2 rings (SSSR count). The number of piperidine rings is 2. The number of carbonyl (C=O) groups excluding carboxylic acids is 3. The van der Waals surface area contributed by atoms with E-state index >= 15 is 0 Å². The van der Waals surface area contributed by atoms with Gasteiger partial charge in [-0.15, -0.1) is 0 Å². The first-order valence-corrected chi connectivity index (χ1v) is 9.35. The topological polar surface area (TPSA) is 79.0 Å². The summed E-state index contributed by atoms with van der Waals surface area (Å²) in [4.78, 5) is 40.1. The van der Waals surface area contributed by atoms with Crippen molar-refractivity contribution in [3.8, 4) is 0 Å². The van der Waals surface area contributed by atoms with Gasteiger partial charge in [-0.25, -0.2) is 0 Å². The van der Waals surface area contributed by atoms with Crippen molar-refractivity contribution in [1.29, 1.82) is 0 Å². The van der Waals surface area contributed by atoms with Crippen molar-refractivity contribution in [2.45, 2.75) is 45.6 Å². The molecule has 0 unspecified atom stereocenters. The summed E-state index contributed by atoms with van der Waals surface area (Å²) in [6.07, 6.45) is 2.91. The smallest absolute Gasteiger partial charge is 0.309 e. The second-order valence-electron chi connectivity index (χ2n) is 7.18. The highest BCUT2D eigenvalue weighted by atomic mass is 16.5. The zero-order valence-corrected chi connectivity index (χ0v) is 15.6. The maximum Gasteiger partial charge on any atom is 0.309 e. The minimum Gasteiger partial charge on any atom is -0.466 e. The molecule has 2 aliphatic rings. The van der Waals surface area contributed by atoms with Crippen LogP contribution in [-0.2, 0) is 19.1 Å². The molecule has 0 aromatic heterocycles. The van der Waals surface area contributed by atoms with Crippen LogP contribution in [0.4, 0.5) is 0 Å². The number of likely N-dealkylation sites (tertiary alicyclic amines) is 1. The number of rotatable bonds is 5. The molecule has 2 atom stereocenters. The summed E-state index contributed by atoms with van der Waals surface area (Å²) in [5, 5.41) is 3.34. The molecular formula is C18H31N3O4. The van der Waals surface area contributed by atoms with Gasteiger partial charge in [0.25, 0.3) is 0 Å². The van der Waals surface area contributed by atoms with Crippen molar-refractivity contribution >= 4 is 17.8 Å². The number of nitrogens with one attached hydrogen (secondary N) is 1. The zero-order chi connectivity index (χ0) is 18.4. The number of hydrogen-bond acceptors (Lipinski definition) is 5. The lowest BCUT2D eigenvalue weighted by Gasteiger charge is -2.33. The Morgan fingerprint density at radius 2 is 1.84 bits per heavy atom. The van der Waals surface area contributed by atoms with Gasteiger partial charge in [-0.2, -0.15) is 0 Å². The van der Waals surface area contributed by atoms with Crippen LogP contribution in [0.25, 0.3) is 0 Å². The van der Waals surface area contributed by atoms with E-state index < -0.39 is 0 Å². The average Bonchev–Trinajstić information content (AvgIpc) is 2.61. The van der Waals surface area contributed by atoms with Gasteiger partial charge < -0.3 is 19.9 Å². The van der Waals surface area contributed by atoms with Gasteiger partial charge in [-0.3, -0.25) is 14.4 Å². The summed E-state index contributed by atoms with van der Waals surface area (Å²) >= 11 is 0. The fourth-order valence-electron chi connectivity index (χ4n) is 3.67. The molecule has 0 bridgehead atoms. The quantitative estimate of drug-likeness (QED) is 0.734. The van der Waals surface area contributed by atoms with Gasteiger partial charge in [0, 0.05) is 32.1 Å². The van der Waals surface area contributed by atoms with Crippen molar-refractivity contribution in [2.75, 3.05) is 39.8 Å². The first kappa shape index (κ1) is 19.7. The minimum atomic E-state index is -0.165. The number of carbonyl (C=O) groups is 3. The third-order valence-electron chi connectivity index (χ3n) is 5.19. The SMILES string of the molecule is CCOC(=O)C1CCN(C(=O)CN(C)C(=O)[C@H]2CCN[C@@H](C)C2)CC1. The predicted molar refractivity (Wildman–Crippen MR) is 93.8 cm³/mol. The standard InChI is InChI=1S/C18H31N3O4/c1-4-25-18(24)14-6-9-21(10-7-14)16(22)12-20(3)17(23)15-5-8-19-13(2)11-15/h13-15,19H,4-12H2,1-3H3/t13-,15-/m0/s1. The molecule has 142 valence electrons. The van der Waals surface area contributed by atoms with Gasteiger partial charge in [0.05, 0.1) is 19.1 Å². The molecule has 0 radical (unpaired) electrons. The fraction of sp³-hybridized carbons (Fsp3) is 0.833. The molecule has 2 fully saturated rings. The minimum absolute atomic E-state index is 0.00333. The third kappa shape index (κ3) is 5.42. The van der Waals surface area contributed by atoms with E-state index in [0.717, 1.165) is 19.4 Å². The van der Waals surface area contributed by atoms with Crippen molar-refractivity contribution < 1.29 is 19.1 Å². The molecule has 0 spiro atoms. The van der Waals surface area contributed by atoms with Gasteiger partial charge in [-0.05, 0) is 46.1 Å². The highest BCUT2D eigenvalue weighted by Crippen LogP contribution is 2.20. The Labute approximate surface area is 150 Å². The highest BCUT2D eigenvalue weighted by Gasteiger charge is 2.31. The van der Waals surface area contributed by atoms with Crippen molar-refractivity contribution in [3.05, 3.63) is 0 Å². The Bertz CT molecular complexity index is 489. The molecule has 0 aromatic rings. The Hall–Kier alpha value is -1.63. The first-order chi connectivity index (χ1) is 11.9. The predicted octanol–water partition coefficient (Wildman–Crippen LogP) is 0.635. The summed E-state index contributed by atoms with van der Waals surface area (Å²) in [6, 6.07) is 0.341. The lowest BCUT2D eigenvalue weighted by atomic mass is 9.92. The molecule has 1 N–H and O–H groups in total. The Balaban J connectivity index is 1.78. The van der Waals surface area contributed by atoms with Gasteiger partial charge in [0.2, 0.25) is 11.8 Å². The number of likely N-dealkylation sites (N-methyl/N-ethyl adjacent to an activating group) is 1. The molecule has 7 nitrogen and oxygen atoms in total. The second-order valence-corrected chi connectivity index (χ2v) is 7.18. The lowest BCUT2D eigenvalue weighted by molar-refractivity contribution is -0.151. The Kier molecular flexibility index (Phi) is 7.23. The van der Waals surface area contributed by atoms with E-state index in [-0.39, 0.29) is 36.2 Å². The van der Waals surface area contributed by atoms with Crippen LogP contribution in [0.2, 0.25) is 0 Å². The second kappa shape index (κ2) is 9.17. The molecule has 0 aromatic carbocycles. The monoisotopic (exact) mass is 353 g/mol. The van der Waals surface area contributed by atoms with Crippen LogP contribution in [0.5, 0.6) is 0 Å².